The van der Waals surface area contributed by atoms with Crippen LogP contribution in [0.1, 0.15) is 5.56 Å². The molecule has 0 amide bonds. The second-order valence-corrected chi connectivity index (χ2v) is 4.54. The number of aryl methyl sites for hydroxylation is 1. The van der Waals surface area contributed by atoms with Crippen LogP contribution in [0.15, 0.2) is 16.6 Å². The Morgan fingerprint density at radius 1 is 1.41 bits per heavy atom. The summed E-state index contributed by atoms with van der Waals surface area (Å²) in [6.45, 7) is 3.57. The molecule has 0 saturated carbocycles. The first-order valence-corrected chi connectivity index (χ1v) is 6.20. The first-order valence-electron chi connectivity index (χ1n) is 5.41. The summed E-state index contributed by atoms with van der Waals surface area (Å²) in [6, 6.07) is 3.98. The van der Waals surface area contributed by atoms with Crippen molar-refractivity contribution in [2.24, 2.45) is 0 Å². The van der Waals surface area contributed by atoms with Crippen molar-refractivity contribution in [3.63, 3.8) is 0 Å². The van der Waals surface area contributed by atoms with E-state index in [1.807, 2.05) is 23.7 Å². The van der Waals surface area contributed by atoms with Gasteiger partial charge in [0.1, 0.15) is 5.52 Å². The fraction of sp³-hybridized carbons (Fsp3) is 0.455. The monoisotopic (exact) mass is 299 g/mol. The van der Waals surface area contributed by atoms with Gasteiger partial charge < -0.3 is 9.84 Å². The average molecular weight is 300 g/mol. The number of hydrogen-bond donors (Lipinski definition) is 1. The Morgan fingerprint density at radius 2 is 2.24 bits per heavy atom. The number of fused-ring (bicyclic) bond motifs is 1. The molecule has 1 heterocycles. The Balaban J connectivity index is 2.16. The summed E-state index contributed by atoms with van der Waals surface area (Å²) < 4.78 is 8.06. The van der Waals surface area contributed by atoms with Crippen molar-refractivity contribution < 1.29 is 9.84 Å². The number of aliphatic hydroxyl groups is 1. The highest BCUT2D eigenvalue weighted by molar-refractivity contribution is 9.10. The molecule has 92 valence electrons. The van der Waals surface area contributed by atoms with Gasteiger partial charge in [0.05, 0.1) is 31.9 Å². The van der Waals surface area contributed by atoms with Gasteiger partial charge in [-0.15, -0.1) is 5.10 Å². The lowest BCUT2D eigenvalue weighted by Crippen LogP contribution is -2.09. The largest absolute Gasteiger partial charge is 0.394 e. The third-order valence-electron chi connectivity index (χ3n) is 2.56. The zero-order valence-electron chi connectivity index (χ0n) is 9.56. The standard InChI is InChI=1S/C11H14BrN3O2/c1-8-9(12)2-3-10-11(8)13-14-15(10)4-6-17-7-5-16/h2-3,16H,4-7H2,1H3. The minimum atomic E-state index is 0.0458. The molecule has 0 aliphatic carbocycles. The molecule has 6 heteroatoms. The zero-order chi connectivity index (χ0) is 12.3. The molecule has 2 rings (SSSR count). The van der Waals surface area contributed by atoms with E-state index in [2.05, 4.69) is 26.2 Å². The van der Waals surface area contributed by atoms with Crippen molar-refractivity contribution >= 4 is 27.0 Å². The number of benzene rings is 1. The molecule has 1 aromatic carbocycles. The minimum Gasteiger partial charge on any atom is -0.394 e. The summed E-state index contributed by atoms with van der Waals surface area (Å²) in [7, 11) is 0. The summed E-state index contributed by atoms with van der Waals surface area (Å²) in [5.74, 6) is 0. The SMILES string of the molecule is Cc1c(Br)ccc2c1nnn2CCOCCO. The molecule has 0 radical (unpaired) electrons. The maximum atomic E-state index is 8.60. The lowest BCUT2D eigenvalue weighted by atomic mass is 10.2. The average Bonchev–Trinajstić information content (AvgIpc) is 2.73. The Labute approximate surface area is 108 Å². The van der Waals surface area contributed by atoms with Crippen LogP contribution in [0.3, 0.4) is 0 Å². The number of nitrogens with zero attached hydrogens (tertiary/aromatic N) is 3. The Morgan fingerprint density at radius 3 is 3.00 bits per heavy atom. The van der Waals surface area contributed by atoms with Crippen LogP contribution in [0.25, 0.3) is 11.0 Å². The number of aromatic nitrogens is 3. The van der Waals surface area contributed by atoms with Crippen LogP contribution in [-0.2, 0) is 11.3 Å². The van der Waals surface area contributed by atoms with Crippen molar-refractivity contribution in [3.8, 4) is 0 Å². The van der Waals surface area contributed by atoms with Crippen molar-refractivity contribution in [2.75, 3.05) is 19.8 Å². The molecule has 0 atom stereocenters. The molecule has 2 aromatic rings. The lowest BCUT2D eigenvalue weighted by molar-refractivity contribution is 0.0857. The predicted octanol–water partition coefficient (Wildman–Crippen LogP) is 1.51. The van der Waals surface area contributed by atoms with Gasteiger partial charge in [-0.1, -0.05) is 21.1 Å². The third kappa shape index (κ3) is 2.65. The van der Waals surface area contributed by atoms with E-state index >= 15 is 0 Å². The van der Waals surface area contributed by atoms with Gasteiger partial charge in [-0.05, 0) is 24.6 Å². The smallest absolute Gasteiger partial charge is 0.117 e. The maximum absolute atomic E-state index is 8.60. The summed E-state index contributed by atoms with van der Waals surface area (Å²) in [4.78, 5) is 0. The van der Waals surface area contributed by atoms with Gasteiger partial charge >= 0.3 is 0 Å². The quantitative estimate of drug-likeness (QED) is 0.850. The van der Waals surface area contributed by atoms with Crippen molar-refractivity contribution in [1.29, 1.82) is 0 Å². The van der Waals surface area contributed by atoms with E-state index < -0.39 is 0 Å². The number of halogens is 1. The molecule has 0 unspecified atom stereocenters. The molecule has 1 N–H and O–H groups in total. The van der Waals surface area contributed by atoms with E-state index in [1.165, 1.54) is 0 Å². The summed E-state index contributed by atoms with van der Waals surface area (Å²) >= 11 is 3.47. The number of ether oxygens (including phenoxy) is 1. The summed E-state index contributed by atoms with van der Waals surface area (Å²) in [5.41, 5.74) is 2.99. The highest BCUT2D eigenvalue weighted by atomic mass is 79.9. The molecule has 0 fully saturated rings. The zero-order valence-corrected chi connectivity index (χ0v) is 11.1. The highest BCUT2D eigenvalue weighted by Crippen LogP contribution is 2.23. The Bertz CT molecular complexity index is 513. The third-order valence-corrected chi connectivity index (χ3v) is 3.42. The van der Waals surface area contributed by atoms with Gasteiger partial charge in [0.2, 0.25) is 0 Å². The van der Waals surface area contributed by atoms with Crippen LogP contribution < -0.4 is 0 Å². The van der Waals surface area contributed by atoms with E-state index in [1.54, 1.807) is 0 Å². The van der Waals surface area contributed by atoms with Gasteiger partial charge in [-0.3, -0.25) is 0 Å². The summed E-state index contributed by atoms with van der Waals surface area (Å²) in [5, 5.41) is 16.9. The van der Waals surface area contributed by atoms with Gasteiger partial charge in [0, 0.05) is 4.47 Å². The molecule has 17 heavy (non-hydrogen) atoms. The van der Waals surface area contributed by atoms with Crippen LogP contribution >= 0.6 is 15.9 Å². The van der Waals surface area contributed by atoms with Crippen molar-refractivity contribution in [1.82, 2.24) is 15.0 Å². The predicted molar refractivity (Wildman–Crippen MR) is 67.9 cm³/mol. The normalized spacial score (nSPS) is 11.2. The van der Waals surface area contributed by atoms with Crippen LogP contribution in [0.4, 0.5) is 0 Å². The molecule has 0 bridgehead atoms. The topological polar surface area (TPSA) is 60.2 Å². The van der Waals surface area contributed by atoms with Crippen molar-refractivity contribution in [2.45, 2.75) is 13.5 Å². The molecule has 5 nitrogen and oxygen atoms in total. The molecule has 0 spiro atoms. The lowest BCUT2D eigenvalue weighted by Gasteiger charge is -2.04. The molecule has 1 aromatic heterocycles. The molecular formula is C11H14BrN3O2. The Hall–Kier alpha value is -0.980. The number of aliphatic hydroxyl groups excluding tert-OH is 1. The molecule has 0 aliphatic heterocycles. The first kappa shape index (κ1) is 12.5. The Kier molecular flexibility index (Phi) is 4.09. The van der Waals surface area contributed by atoms with E-state index in [0.29, 0.717) is 19.8 Å². The van der Waals surface area contributed by atoms with E-state index in [4.69, 9.17) is 9.84 Å². The van der Waals surface area contributed by atoms with E-state index in [9.17, 15) is 0 Å². The second-order valence-electron chi connectivity index (χ2n) is 3.69. The number of rotatable bonds is 5. The first-order chi connectivity index (χ1) is 8.24. The minimum absolute atomic E-state index is 0.0458. The molecule has 0 aliphatic rings. The van der Waals surface area contributed by atoms with Crippen LogP contribution in [0.2, 0.25) is 0 Å². The van der Waals surface area contributed by atoms with E-state index in [-0.39, 0.29) is 6.61 Å². The van der Waals surface area contributed by atoms with Crippen molar-refractivity contribution in [3.05, 3.63) is 22.2 Å². The maximum Gasteiger partial charge on any atom is 0.117 e. The van der Waals surface area contributed by atoms with Gasteiger partial charge in [0.25, 0.3) is 0 Å². The summed E-state index contributed by atoms with van der Waals surface area (Å²) in [6.07, 6.45) is 0. The molecular weight excluding hydrogens is 286 g/mol. The highest BCUT2D eigenvalue weighted by Gasteiger charge is 2.08. The molecule has 0 saturated heterocycles. The fourth-order valence-electron chi connectivity index (χ4n) is 1.63. The van der Waals surface area contributed by atoms with E-state index in [0.717, 1.165) is 21.1 Å². The van der Waals surface area contributed by atoms with Crippen LogP contribution in [-0.4, -0.2) is 39.9 Å². The number of hydrogen-bond acceptors (Lipinski definition) is 4. The second kappa shape index (κ2) is 5.57. The van der Waals surface area contributed by atoms with Gasteiger partial charge in [0.15, 0.2) is 0 Å². The van der Waals surface area contributed by atoms with Gasteiger partial charge in [-0.2, -0.15) is 0 Å². The fourth-order valence-corrected chi connectivity index (χ4v) is 1.95. The van der Waals surface area contributed by atoms with Crippen LogP contribution in [0.5, 0.6) is 0 Å². The van der Waals surface area contributed by atoms with Crippen LogP contribution in [0, 0.1) is 6.92 Å². The van der Waals surface area contributed by atoms with Gasteiger partial charge in [-0.25, -0.2) is 4.68 Å².